The van der Waals surface area contributed by atoms with Crippen LogP contribution in [0.25, 0.3) is 10.8 Å². The Morgan fingerprint density at radius 3 is 2.55 bits per heavy atom. The molecule has 0 aliphatic carbocycles. The molecule has 0 fully saturated rings. The number of rotatable bonds is 6. The van der Waals surface area contributed by atoms with Crippen LogP contribution in [0.15, 0.2) is 83.8 Å². The van der Waals surface area contributed by atoms with Crippen LogP contribution in [-0.2, 0) is 6.54 Å². The summed E-state index contributed by atoms with van der Waals surface area (Å²) in [5.41, 5.74) is 1.68. The average molecular weight is 414 g/mol. The summed E-state index contributed by atoms with van der Waals surface area (Å²) >= 11 is 0. The maximum atomic E-state index is 12.9. The van der Waals surface area contributed by atoms with Gasteiger partial charge in [0.25, 0.3) is 11.5 Å². The monoisotopic (exact) mass is 414 g/mol. The van der Waals surface area contributed by atoms with E-state index in [2.05, 4.69) is 5.32 Å². The molecule has 6 nitrogen and oxygen atoms in total. The van der Waals surface area contributed by atoms with E-state index in [1.165, 1.54) is 19.2 Å². The molecule has 0 unspecified atom stereocenters. The number of benzene rings is 3. The second-order valence-corrected chi connectivity index (χ2v) is 7.04. The fourth-order valence-corrected chi connectivity index (χ4v) is 3.51. The number of hydrogen-bond acceptors (Lipinski definition) is 4. The van der Waals surface area contributed by atoms with Gasteiger partial charge in [0.1, 0.15) is 11.5 Å². The molecule has 1 N–H and O–H groups in total. The van der Waals surface area contributed by atoms with E-state index < -0.39 is 0 Å². The number of hydrogen-bond donors (Lipinski definition) is 1. The van der Waals surface area contributed by atoms with Crippen LogP contribution in [-0.4, -0.2) is 24.7 Å². The van der Waals surface area contributed by atoms with Gasteiger partial charge in [0, 0.05) is 18.3 Å². The maximum Gasteiger partial charge on any atom is 0.257 e. The second-order valence-electron chi connectivity index (χ2n) is 7.04. The summed E-state index contributed by atoms with van der Waals surface area (Å²) in [6.45, 7) is 0.365. The summed E-state index contributed by atoms with van der Waals surface area (Å²) in [4.78, 5) is 25.4. The second kappa shape index (κ2) is 8.75. The minimum Gasteiger partial charge on any atom is -0.497 e. The highest BCUT2D eigenvalue weighted by Crippen LogP contribution is 2.29. The van der Waals surface area contributed by atoms with E-state index in [0.29, 0.717) is 29.3 Å². The number of amides is 1. The van der Waals surface area contributed by atoms with Crippen LogP contribution >= 0.6 is 0 Å². The normalized spacial score (nSPS) is 10.6. The molecule has 0 aliphatic rings. The molecule has 6 heteroatoms. The van der Waals surface area contributed by atoms with Crippen molar-refractivity contribution < 1.29 is 14.3 Å². The molecule has 156 valence electrons. The number of pyridine rings is 1. The lowest BCUT2D eigenvalue weighted by Gasteiger charge is -2.13. The molecular formula is C25H22N2O4. The van der Waals surface area contributed by atoms with Gasteiger partial charge >= 0.3 is 0 Å². The van der Waals surface area contributed by atoms with E-state index in [4.69, 9.17) is 9.47 Å². The number of aromatic nitrogens is 1. The molecule has 4 aromatic rings. The zero-order valence-corrected chi connectivity index (χ0v) is 17.3. The smallest absolute Gasteiger partial charge is 0.257 e. The molecule has 0 atom stereocenters. The Morgan fingerprint density at radius 1 is 0.935 bits per heavy atom. The topological polar surface area (TPSA) is 69.6 Å². The molecule has 1 amide bonds. The van der Waals surface area contributed by atoms with Crippen LogP contribution in [0.2, 0.25) is 0 Å². The number of anilines is 1. The third kappa shape index (κ3) is 4.28. The van der Waals surface area contributed by atoms with Crippen molar-refractivity contribution in [2.45, 2.75) is 6.54 Å². The SMILES string of the molecule is COc1ccc(OC)c(NC(=O)c2ccc(=O)n(Cc3cccc4ccccc34)c2)c1. The van der Waals surface area contributed by atoms with Crippen molar-refractivity contribution in [3.05, 3.63) is 100 Å². The van der Waals surface area contributed by atoms with E-state index in [1.807, 2.05) is 42.5 Å². The van der Waals surface area contributed by atoms with Gasteiger partial charge in [-0.05, 0) is 34.5 Å². The Morgan fingerprint density at radius 2 is 1.74 bits per heavy atom. The maximum absolute atomic E-state index is 12.9. The summed E-state index contributed by atoms with van der Waals surface area (Å²) in [6, 6.07) is 22.1. The fraction of sp³-hybridized carbons (Fsp3) is 0.120. The Labute approximate surface area is 179 Å². The first-order chi connectivity index (χ1) is 15.1. The van der Waals surface area contributed by atoms with Crippen LogP contribution in [0.5, 0.6) is 11.5 Å². The molecule has 0 aliphatic heterocycles. The first kappa shape index (κ1) is 20.2. The van der Waals surface area contributed by atoms with Crippen molar-refractivity contribution >= 4 is 22.4 Å². The Hall–Kier alpha value is -4.06. The van der Waals surface area contributed by atoms with Crippen molar-refractivity contribution in [3.63, 3.8) is 0 Å². The van der Waals surface area contributed by atoms with Crippen molar-refractivity contribution in [1.29, 1.82) is 0 Å². The van der Waals surface area contributed by atoms with Crippen LogP contribution in [0.1, 0.15) is 15.9 Å². The van der Waals surface area contributed by atoms with E-state index in [1.54, 1.807) is 36.1 Å². The Balaban J connectivity index is 1.64. The lowest BCUT2D eigenvalue weighted by Crippen LogP contribution is -2.22. The average Bonchev–Trinajstić information content (AvgIpc) is 2.80. The fourth-order valence-electron chi connectivity index (χ4n) is 3.51. The highest BCUT2D eigenvalue weighted by Gasteiger charge is 2.13. The third-order valence-electron chi connectivity index (χ3n) is 5.12. The molecular weight excluding hydrogens is 392 g/mol. The van der Waals surface area contributed by atoms with Crippen molar-refractivity contribution in [1.82, 2.24) is 4.57 Å². The van der Waals surface area contributed by atoms with Gasteiger partial charge in [-0.2, -0.15) is 0 Å². The van der Waals surface area contributed by atoms with Crippen LogP contribution < -0.4 is 20.3 Å². The summed E-state index contributed by atoms with van der Waals surface area (Å²) in [5, 5.41) is 5.01. The Bertz CT molecular complexity index is 1310. The van der Waals surface area contributed by atoms with Gasteiger partial charge in [0.2, 0.25) is 0 Å². The third-order valence-corrected chi connectivity index (χ3v) is 5.12. The summed E-state index contributed by atoms with van der Waals surface area (Å²) < 4.78 is 12.1. The lowest BCUT2D eigenvalue weighted by molar-refractivity contribution is 0.102. The van der Waals surface area contributed by atoms with Gasteiger partial charge in [0.05, 0.1) is 32.0 Å². The highest BCUT2D eigenvalue weighted by atomic mass is 16.5. The molecule has 1 aromatic heterocycles. The summed E-state index contributed by atoms with van der Waals surface area (Å²) in [5.74, 6) is 0.758. The van der Waals surface area contributed by atoms with Crippen molar-refractivity contribution in [2.75, 3.05) is 19.5 Å². The largest absolute Gasteiger partial charge is 0.497 e. The zero-order chi connectivity index (χ0) is 21.8. The van der Waals surface area contributed by atoms with Crippen molar-refractivity contribution in [2.24, 2.45) is 0 Å². The van der Waals surface area contributed by atoms with Crippen LogP contribution in [0.4, 0.5) is 5.69 Å². The van der Waals surface area contributed by atoms with Gasteiger partial charge in [-0.15, -0.1) is 0 Å². The lowest BCUT2D eigenvalue weighted by atomic mass is 10.0. The molecule has 0 saturated carbocycles. The molecule has 0 radical (unpaired) electrons. The minimum atomic E-state index is -0.349. The van der Waals surface area contributed by atoms with E-state index >= 15 is 0 Å². The number of nitrogens with zero attached hydrogens (tertiary/aromatic N) is 1. The van der Waals surface area contributed by atoms with Crippen LogP contribution in [0.3, 0.4) is 0 Å². The molecule has 0 bridgehead atoms. The predicted molar refractivity (Wildman–Crippen MR) is 121 cm³/mol. The standard InChI is InChI=1S/C25H22N2O4/c1-30-20-11-12-23(31-2)22(14-20)26-25(29)19-10-13-24(28)27(16-19)15-18-8-5-7-17-6-3-4-9-21(17)18/h3-14,16H,15H2,1-2H3,(H,26,29). The molecule has 31 heavy (non-hydrogen) atoms. The van der Waals surface area contributed by atoms with E-state index in [0.717, 1.165) is 16.3 Å². The molecule has 3 aromatic carbocycles. The first-order valence-corrected chi connectivity index (χ1v) is 9.79. The summed E-state index contributed by atoms with van der Waals surface area (Å²) in [6.07, 6.45) is 1.58. The Kier molecular flexibility index (Phi) is 5.71. The van der Waals surface area contributed by atoms with Crippen LogP contribution in [0, 0.1) is 0 Å². The van der Waals surface area contributed by atoms with E-state index in [9.17, 15) is 9.59 Å². The number of carbonyl (C=O) groups excluding carboxylic acids is 1. The van der Waals surface area contributed by atoms with Gasteiger partial charge in [-0.25, -0.2) is 0 Å². The van der Waals surface area contributed by atoms with Gasteiger partial charge in [0.15, 0.2) is 0 Å². The summed E-state index contributed by atoms with van der Waals surface area (Å²) in [7, 11) is 3.08. The highest BCUT2D eigenvalue weighted by molar-refractivity contribution is 6.05. The molecule has 0 spiro atoms. The first-order valence-electron chi connectivity index (χ1n) is 9.79. The van der Waals surface area contributed by atoms with Gasteiger partial charge in [-0.1, -0.05) is 42.5 Å². The van der Waals surface area contributed by atoms with Gasteiger partial charge < -0.3 is 19.4 Å². The number of carbonyl (C=O) groups is 1. The number of fused-ring (bicyclic) bond motifs is 1. The van der Waals surface area contributed by atoms with Gasteiger partial charge in [-0.3, -0.25) is 9.59 Å². The number of ether oxygens (including phenoxy) is 2. The molecule has 1 heterocycles. The zero-order valence-electron chi connectivity index (χ0n) is 17.3. The quantitative estimate of drug-likeness (QED) is 0.510. The number of nitrogens with one attached hydrogen (secondary N) is 1. The minimum absolute atomic E-state index is 0.177. The van der Waals surface area contributed by atoms with Crippen molar-refractivity contribution in [3.8, 4) is 11.5 Å². The van der Waals surface area contributed by atoms with E-state index in [-0.39, 0.29) is 11.5 Å². The molecule has 4 rings (SSSR count). The number of methoxy groups -OCH3 is 2. The molecule has 0 saturated heterocycles. The predicted octanol–water partition coefficient (Wildman–Crippen LogP) is 4.32.